The van der Waals surface area contributed by atoms with E-state index in [1.54, 1.807) is 0 Å². The fourth-order valence-electron chi connectivity index (χ4n) is 6.98. The van der Waals surface area contributed by atoms with Gasteiger partial charge < -0.3 is 9.47 Å². The van der Waals surface area contributed by atoms with Gasteiger partial charge in [0.1, 0.15) is 0 Å². The first-order chi connectivity index (χ1) is 22.8. The van der Waals surface area contributed by atoms with E-state index in [9.17, 15) is 0 Å². The van der Waals surface area contributed by atoms with Crippen LogP contribution in [0.15, 0.2) is 182 Å². The maximum atomic E-state index is 2.41. The molecule has 9 rings (SSSR count). The third-order valence-corrected chi connectivity index (χ3v) is 9.13. The molecule has 0 radical (unpaired) electrons. The highest BCUT2D eigenvalue weighted by Gasteiger charge is 2.17. The minimum Gasteiger partial charge on any atom is -0.310 e. The van der Waals surface area contributed by atoms with Crippen molar-refractivity contribution in [1.29, 1.82) is 0 Å². The van der Waals surface area contributed by atoms with Crippen molar-refractivity contribution in [2.24, 2.45) is 0 Å². The Bertz CT molecular complexity index is 2520. The van der Waals surface area contributed by atoms with Gasteiger partial charge in [0.25, 0.3) is 0 Å². The maximum absolute atomic E-state index is 2.41. The lowest BCUT2D eigenvalue weighted by molar-refractivity contribution is 1.17. The lowest BCUT2D eigenvalue weighted by Crippen LogP contribution is -2.10. The zero-order valence-corrected chi connectivity index (χ0v) is 25.2. The smallest absolute Gasteiger partial charge is 0.0547 e. The molecule has 216 valence electrons. The highest BCUT2D eigenvalue weighted by Crippen LogP contribution is 2.40. The van der Waals surface area contributed by atoms with E-state index < -0.39 is 0 Å². The van der Waals surface area contributed by atoms with Gasteiger partial charge in [0.2, 0.25) is 0 Å². The quantitative estimate of drug-likeness (QED) is 0.195. The second-order valence-electron chi connectivity index (χ2n) is 11.8. The largest absolute Gasteiger partial charge is 0.310 e. The molecule has 9 aromatic rings. The number of rotatable bonds is 5. The SMILES string of the molecule is c1ccc(N(c2ccc(-c3ccc4ccccc4c3)cc2)c2cccc(-n3c4ccccc4c4c5ccccc5ccc43)c2)cc1. The molecule has 0 spiro atoms. The van der Waals surface area contributed by atoms with Crippen LogP contribution in [-0.4, -0.2) is 4.57 Å². The highest BCUT2D eigenvalue weighted by atomic mass is 15.1. The molecule has 8 aromatic carbocycles. The van der Waals surface area contributed by atoms with Crippen LogP contribution in [0.2, 0.25) is 0 Å². The molecule has 0 bridgehead atoms. The van der Waals surface area contributed by atoms with Crippen LogP contribution >= 0.6 is 0 Å². The Morgan fingerprint density at radius 1 is 0.348 bits per heavy atom. The Labute approximate surface area is 268 Å². The zero-order chi connectivity index (χ0) is 30.5. The van der Waals surface area contributed by atoms with Gasteiger partial charge in [-0.2, -0.15) is 0 Å². The lowest BCUT2D eigenvalue weighted by Gasteiger charge is -2.26. The maximum Gasteiger partial charge on any atom is 0.0547 e. The number of hydrogen-bond donors (Lipinski definition) is 0. The predicted molar refractivity (Wildman–Crippen MR) is 196 cm³/mol. The van der Waals surface area contributed by atoms with Crippen LogP contribution in [0.4, 0.5) is 17.1 Å². The summed E-state index contributed by atoms with van der Waals surface area (Å²) in [4.78, 5) is 2.34. The van der Waals surface area contributed by atoms with Crippen LogP contribution in [0.25, 0.3) is 60.2 Å². The molecule has 1 aromatic heterocycles. The second kappa shape index (κ2) is 10.8. The molecule has 1 heterocycles. The summed E-state index contributed by atoms with van der Waals surface area (Å²) in [6.07, 6.45) is 0. The molecule has 0 fully saturated rings. The number of benzene rings is 8. The predicted octanol–water partition coefficient (Wildman–Crippen LogP) is 12.2. The monoisotopic (exact) mass is 586 g/mol. The summed E-state index contributed by atoms with van der Waals surface area (Å²) >= 11 is 0. The molecule has 0 saturated carbocycles. The second-order valence-corrected chi connectivity index (χ2v) is 11.8. The molecule has 0 saturated heterocycles. The van der Waals surface area contributed by atoms with E-state index in [0.717, 1.165) is 22.7 Å². The summed E-state index contributed by atoms with van der Waals surface area (Å²) in [6.45, 7) is 0. The fraction of sp³-hybridized carbons (Fsp3) is 0. The van der Waals surface area contributed by atoms with Crippen molar-refractivity contribution >= 4 is 60.4 Å². The Morgan fingerprint density at radius 2 is 0.978 bits per heavy atom. The van der Waals surface area contributed by atoms with Crippen molar-refractivity contribution in [2.75, 3.05) is 4.90 Å². The minimum absolute atomic E-state index is 1.11. The van der Waals surface area contributed by atoms with Gasteiger partial charge in [-0.05, 0) is 93.3 Å². The third kappa shape index (κ3) is 4.35. The first-order valence-electron chi connectivity index (χ1n) is 15.8. The lowest BCUT2D eigenvalue weighted by atomic mass is 10.0. The van der Waals surface area contributed by atoms with Crippen LogP contribution in [0.3, 0.4) is 0 Å². The summed E-state index contributed by atoms with van der Waals surface area (Å²) in [7, 11) is 0. The van der Waals surface area contributed by atoms with Gasteiger partial charge in [-0.15, -0.1) is 0 Å². The average Bonchev–Trinajstić information content (AvgIpc) is 3.47. The molecule has 2 heteroatoms. The van der Waals surface area contributed by atoms with Gasteiger partial charge in [-0.3, -0.25) is 0 Å². The summed E-state index contributed by atoms with van der Waals surface area (Å²) in [5, 5.41) is 7.61. The first kappa shape index (κ1) is 26.3. The van der Waals surface area contributed by atoms with E-state index >= 15 is 0 Å². The Balaban J connectivity index is 1.19. The molecule has 0 aliphatic heterocycles. The first-order valence-corrected chi connectivity index (χ1v) is 15.8. The molecule has 0 amide bonds. The van der Waals surface area contributed by atoms with Gasteiger partial charge in [-0.25, -0.2) is 0 Å². The van der Waals surface area contributed by atoms with E-state index in [0.29, 0.717) is 0 Å². The van der Waals surface area contributed by atoms with Gasteiger partial charge in [0, 0.05) is 33.5 Å². The number of hydrogen-bond acceptors (Lipinski definition) is 1. The standard InChI is InChI=1S/C44H30N2/c1-2-14-36(15-3-1)45(37-26-23-32(24-27-37)35-22-21-31-11-4-5-13-34(31)29-35)38-16-10-17-39(30-38)46-42-20-9-8-19-41(42)44-40-18-7-6-12-33(40)25-28-43(44)46/h1-30H. The number of anilines is 3. The van der Waals surface area contributed by atoms with Crippen LogP contribution in [0, 0.1) is 0 Å². The van der Waals surface area contributed by atoms with Crippen LogP contribution in [-0.2, 0) is 0 Å². The number of aromatic nitrogens is 1. The van der Waals surface area contributed by atoms with Gasteiger partial charge >= 0.3 is 0 Å². The topological polar surface area (TPSA) is 8.17 Å². The summed E-state index contributed by atoms with van der Waals surface area (Å²) in [5.74, 6) is 0. The van der Waals surface area contributed by atoms with Crippen LogP contribution in [0.1, 0.15) is 0 Å². The van der Waals surface area contributed by atoms with E-state index in [1.807, 2.05) is 0 Å². The van der Waals surface area contributed by atoms with Gasteiger partial charge in [-0.1, -0.05) is 121 Å². The van der Waals surface area contributed by atoms with Crippen molar-refractivity contribution in [3.63, 3.8) is 0 Å². The number of para-hydroxylation sites is 2. The van der Waals surface area contributed by atoms with E-state index in [2.05, 4.69) is 191 Å². The summed E-state index contributed by atoms with van der Waals surface area (Å²) in [6, 6.07) is 65.7. The highest BCUT2D eigenvalue weighted by molar-refractivity contribution is 6.21. The van der Waals surface area contributed by atoms with Gasteiger partial charge in [0.05, 0.1) is 11.0 Å². The molecule has 0 aliphatic carbocycles. The number of fused-ring (bicyclic) bond motifs is 6. The third-order valence-electron chi connectivity index (χ3n) is 9.13. The molecule has 0 aliphatic rings. The molecule has 0 atom stereocenters. The molecule has 46 heavy (non-hydrogen) atoms. The average molecular weight is 587 g/mol. The van der Waals surface area contributed by atoms with Crippen molar-refractivity contribution in [2.45, 2.75) is 0 Å². The van der Waals surface area contributed by atoms with E-state index in [-0.39, 0.29) is 0 Å². The normalized spacial score (nSPS) is 11.5. The Morgan fingerprint density at radius 3 is 1.83 bits per heavy atom. The molecule has 0 unspecified atom stereocenters. The van der Waals surface area contributed by atoms with E-state index in [1.165, 1.54) is 54.5 Å². The van der Waals surface area contributed by atoms with Crippen molar-refractivity contribution in [3.8, 4) is 16.8 Å². The summed E-state index contributed by atoms with van der Waals surface area (Å²) < 4.78 is 2.41. The Hall–Kier alpha value is -6.12. The minimum atomic E-state index is 1.11. The van der Waals surface area contributed by atoms with Gasteiger partial charge in [0.15, 0.2) is 0 Å². The van der Waals surface area contributed by atoms with E-state index in [4.69, 9.17) is 0 Å². The molecular weight excluding hydrogens is 556 g/mol. The Kier molecular flexibility index (Phi) is 6.17. The van der Waals surface area contributed by atoms with Crippen LogP contribution < -0.4 is 4.90 Å². The number of nitrogens with zero attached hydrogens (tertiary/aromatic N) is 2. The molecular formula is C44H30N2. The molecule has 0 N–H and O–H groups in total. The van der Waals surface area contributed by atoms with Crippen LogP contribution in [0.5, 0.6) is 0 Å². The van der Waals surface area contributed by atoms with Crippen molar-refractivity contribution < 1.29 is 0 Å². The fourth-order valence-corrected chi connectivity index (χ4v) is 6.98. The van der Waals surface area contributed by atoms with Crippen molar-refractivity contribution in [1.82, 2.24) is 4.57 Å². The summed E-state index contributed by atoms with van der Waals surface area (Å²) in [5.41, 5.74) is 9.31. The van der Waals surface area contributed by atoms with Crippen molar-refractivity contribution in [3.05, 3.63) is 182 Å². The molecule has 2 nitrogen and oxygen atoms in total. The zero-order valence-electron chi connectivity index (χ0n) is 25.2.